The summed E-state index contributed by atoms with van der Waals surface area (Å²) < 4.78 is 68.2. The van der Waals surface area contributed by atoms with Crippen LogP contribution in [0.2, 0.25) is 0 Å². The lowest BCUT2D eigenvalue weighted by atomic mass is 10.0. The van der Waals surface area contributed by atoms with Gasteiger partial charge >= 0.3 is 39.5 Å². The Bertz CT molecular complexity index is 1770. The van der Waals surface area contributed by atoms with E-state index >= 15 is 0 Å². The molecule has 5 atom stereocenters. The Balaban J connectivity index is 5.15. The lowest BCUT2D eigenvalue weighted by molar-refractivity contribution is -0.161. The van der Waals surface area contributed by atoms with E-state index in [4.69, 9.17) is 37.0 Å². The van der Waals surface area contributed by atoms with Crippen LogP contribution in [0.25, 0.3) is 0 Å². The van der Waals surface area contributed by atoms with E-state index in [1.807, 2.05) is 0 Å². The van der Waals surface area contributed by atoms with Crippen LogP contribution in [0.4, 0.5) is 0 Å². The third-order valence-corrected chi connectivity index (χ3v) is 18.9. The third-order valence-electron chi connectivity index (χ3n) is 17.0. The Morgan fingerprint density at radius 3 is 0.739 bits per heavy atom. The van der Waals surface area contributed by atoms with Gasteiger partial charge in [0.05, 0.1) is 26.4 Å². The van der Waals surface area contributed by atoms with Gasteiger partial charge in [0.15, 0.2) is 12.2 Å². The summed E-state index contributed by atoms with van der Waals surface area (Å²) in [4.78, 5) is 72.4. The molecule has 0 radical (unpaired) electrons. The standard InChI is InChI=1S/C73H142O17P2/c1-6-9-12-15-17-19-21-23-24-27-31-34-38-42-47-52-57-71(76)84-63-69(90-73(78)59-54-49-44-40-36-32-28-25-26-30-33-37-41-46-50-55-66(4)5)65-88-92(81,82)86-61-67(74)60-85-91(79,80)87-64-68(62-83-70(75)56-51-45-14-11-8-3)89-72(77)58-53-48-43-39-35-29-22-20-18-16-13-10-7-2/h66-69,74H,6-65H2,1-5H3,(H,79,80)(H,81,82)/t67-,68+,69+/m0/s1. The van der Waals surface area contributed by atoms with Crippen molar-refractivity contribution >= 4 is 39.5 Å². The van der Waals surface area contributed by atoms with Crippen LogP contribution in [0.3, 0.4) is 0 Å². The van der Waals surface area contributed by atoms with Crippen molar-refractivity contribution in [3.63, 3.8) is 0 Å². The first-order chi connectivity index (χ1) is 44.5. The molecular weight excluding hydrogens is 1210 g/mol. The van der Waals surface area contributed by atoms with Crippen LogP contribution >= 0.6 is 15.6 Å². The average Bonchev–Trinajstić information content (AvgIpc) is 2.90. The van der Waals surface area contributed by atoms with E-state index in [1.165, 1.54) is 199 Å². The summed E-state index contributed by atoms with van der Waals surface area (Å²) in [6, 6.07) is 0. The number of hydrogen-bond donors (Lipinski definition) is 3. The number of carbonyl (C=O) groups is 4. The molecule has 0 aromatic carbocycles. The van der Waals surface area contributed by atoms with E-state index in [1.54, 1.807) is 0 Å². The molecule has 17 nitrogen and oxygen atoms in total. The van der Waals surface area contributed by atoms with E-state index < -0.39 is 97.5 Å². The Morgan fingerprint density at radius 2 is 0.500 bits per heavy atom. The summed E-state index contributed by atoms with van der Waals surface area (Å²) >= 11 is 0. The molecule has 3 N–H and O–H groups in total. The highest BCUT2D eigenvalue weighted by atomic mass is 31.2. The van der Waals surface area contributed by atoms with Crippen LogP contribution in [0.15, 0.2) is 0 Å². The Kier molecular flexibility index (Phi) is 64.9. The quantitative estimate of drug-likeness (QED) is 0.0222. The van der Waals surface area contributed by atoms with Crippen LogP contribution in [-0.2, 0) is 65.4 Å². The molecule has 546 valence electrons. The summed E-state index contributed by atoms with van der Waals surface area (Å²) in [7, 11) is -9.89. The number of ether oxygens (including phenoxy) is 4. The van der Waals surface area contributed by atoms with Gasteiger partial charge in [0.25, 0.3) is 0 Å². The second-order valence-corrected chi connectivity index (χ2v) is 29.7. The molecule has 0 rings (SSSR count). The van der Waals surface area contributed by atoms with Gasteiger partial charge in [-0.15, -0.1) is 0 Å². The van der Waals surface area contributed by atoms with Crippen LogP contribution < -0.4 is 0 Å². The number of aliphatic hydroxyl groups is 1. The molecule has 0 aliphatic carbocycles. The van der Waals surface area contributed by atoms with Crippen molar-refractivity contribution in [1.29, 1.82) is 0 Å². The van der Waals surface area contributed by atoms with Gasteiger partial charge in [0, 0.05) is 25.7 Å². The Labute approximate surface area is 562 Å². The number of carbonyl (C=O) groups excluding carboxylic acids is 4. The predicted octanol–water partition coefficient (Wildman–Crippen LogP) is 21.3. The fraction of sp³-hybridized carbons (Fsp3) is 0.945. The number of unbranched alkanes of at least 4 members (excludes halogenated alkanes) is 45. The van der Waals surface area contributed by atoms with Crippen LogP contribution in [0.1, 0.15) is 381 Å². The minimum Gasteiger partial charge on any atom is -0.462 e. The fourth-order valence-corrected chi connectivity index (χ4v) is 12.8. The molecule has 0 spiro atoms. The maximum atomic E-state index is 13.0. The molecule has 0 saturated carbocycles. The first-order valence-corrected chi connectivity index (χ1v) is 41.1. The minimum absolute atomic E-state index is 0.107. The lowest BCUT2D eigenvalue weighted by Crippen LogP contribution is -2.30. The molecule has 19 heteroatoms. The van der Waals surface area contributed by atoms with Gasteiger partial charge in [-0.2, -0.15) is 0 Å². The molecule has 0 aliphatic heterocycles. The van der Waals surface area contributed by atoms with Crippen molar-refractivity contribution in [2.45, 2.75) is 400 Å². The Morgan fingerprint density at radius 1 is 0.293 bits per heavy atom. The van der Waals surface area contributed by atoms with Crippen molar-refractivity contribution in [2.75, 3.05) is 39.6 Å². The first kappa shape index (κ1) is 90.1. The number of rotatable bonds is 73. The summed E-state index contributed by atoms with van der Waals surface area (Å²) in [6.45, 7) is 7.22. The van der Waals surface area contributed by atoms with Crippen molar-refractivity contribution < 1.29 is 80.2 Å². The van der Waals surface area contributed by atoms with E-state index in [2.05, 4.69) is 34.6 Å². The summed E-state index contributed by atoms with van der Waals surface area (Å²) in [5.74, 6) is -1.32. The average molecular weight is 1350 g/mol. The molecule has 0 amide bonds. The van der Waals surface area contributed by atoms with E-state index in [0.717, 1.165) is 102 Å². The molecule has 0 aromatic rings. The zero-order chi connectivity index (χ0) is 67.7. The number of phosphoric acid groups is 2. The van der Waals surface area contributed by atoms with Gasteiger partial charge in [-0.25, -0.2) is 9.13 Å². The molecular formula is C73H142O17P2. The van der Waals surface area contributed by atoms with Gasteiger partial charge < -0.3 is 33.8 Å². The molecule has 0 aliphatic rings. The normalized spacial score (nSPS) is 14.0. The maximum Gasteiger partial charge on any atom is 0.472 e. The van der Waals surface area contributed by atoms with Crippen LogP contribution in [-0.4, -0.2) is 96.7 Å². The zero-order valence-corrected chi connectivity index (χ0v) is 61.5. The molecule has 2 unspecified atom stereocenters. The molecule has 0 aromatic heterocycles. The summed E-state index contributed by atoms with van der Waals surface area (Å²) in [5, 5.41) is 10.6. The molecule has 0 fully saturated rings. The molecule has 0 bridgehead atoms. The maximum absolute atomic E-state index is 13.0. The topological polar surface area (TPSA) is 237 Å². The van der Waals surface area contributed by atoms with E-state index in [9.17, 15) is 43.2 Å². The smallest absolute Gasteiger partial charge is 0.462 e. The monoisotopic (exact) mass is 1350 g/mol. The predicted molar refractivity (Wildman–Crippen MR) is 372 cm³/mol. The second kappa shape index (κ2) is 66.3. The van der Waals surface area contributed by atoms with Gasteiger partial charge in [-0.1, -0.05) is 330 Å². The number of aliphatic hydroxyl groups excluding tert-OH is 1. The highest BCUT2D eigenvalue weighted by Crippen LogP contribution is 2.45. The second-order valence-electron chi connectivity index (χ2n) is 26.8. The Hall–Kier alpha value is -1.94. The molecule has 0 heterocycles. The van der Waals surface area contributed by atoms with Gasteiger partial charge in [-0.05, 0) is 31.6 Å². The van der Waals surface area contributed by atoms with Gasteiger partial charge in [0.2, 0.25) is 0 Å². The van der Waals surface area contributed by atoms with Crippen molar-refractivity contribution in [2.24, 2.45) is 5.92 Å². The largest absolute Gasteiger partial charge is 0.472 e. The molecule has 92 heavy (non-hydrogen) atoms. The van der Waals surface area contributed by atoms with Crippen LogP contribution in [0, 0.1) is 5.92 Å². The summed E-state index contributed by atoms with van der Waals surface area (Å²) in [5.41, 5.74) is 0. The SMILES string of the molecule is CCCCCCCCCCCCCCCCCCC(=O)OC[C@H](COP(=O)(O)OC[C@@H](O)COP(=O)(O)OC[C@@H](COC(=O)CCCCCCC)OC(=O)CCCCCCCCCCCCCCC)OC(=O)CCCCCCCCCCCCCCCCCC(C)C. The van der Waals surface area contributed by atoms with E-state index in [0.29, 0.717) is 25.7 Å². The lowest BCUT2D eigenvalue weighted by Gasteiger charge is -2.21. The number of phosphoric ester groups is 2. The number of esters is 4. The highest BCUT2D eigenvalue weighted by Gasteiger charge is 2.30. The van der Waals surface area contributed by atoms with Crippen molar-refractivity contribution in [3.8, 4) is 0 Å². The summed E-state index contributed by atoms with van der Waals surface area (Å²) in [6.07, 6.45) is 54.4. The van der Waals surface area contributed by atoms with Crippen LogP contribution in [0.5, 0.6) is 0 Å². The van der Waals surface area contributed by atoms with E-state index in [-0.39, 0.29) is 25.7 Å². The van der Waals surface area contributed by atoms with Gasteiger partial charge in [-0.3, -0.25) is 37.3 Å². The zero-order valence-electron chi connectivity index (χ0n) is 59.7. The van der Waals surface area contributed by atoms with Crippen molar-refractivity contribution in [1.82, 2.24) is 0 Å². The molecule has 0 saturated heterocycles. The minimum atomic E-state index is -4.95. The highest BCUT2D eigenvalue weighted by molar-refractivity contribution is 7.47. The van der Waals surface area contributed by atoms with Crippen molar-refractivity contribution in [3.05, 3.63) is 0 Å². The fourth-order valence-electron chi connectivity index (χ4n) is 11.2. The first-order valence-electron chi connectivity index (χ1n) is 38.1. The number of hydrogen-bond acceptors (Lipinski definition) is 15. The third kappa shape index (κ3) is 66.7. The van der Waals surface area contributed by atoms with Gasteiger partial charge in [0.1, 0.15) is 19.3 Å².